The number of aliphatic hydroxyl groups excluding tert-OH is 1. The average molecular weight is 288 g/mol. The van der Waals surface area contributed by atoms with Crippen LogP contribution in [0.2, 0.25) is 0 Å². The maximum Gasteiger partial charge on any atom is 0.124 e. The van der Waals surface area contributed by atoms with E-state index in [1.807, 2.05) is 0 Å². The summed E-state index contributed by atoms with van der Waals surface area (Å²) < 4.78 is 13.6. The van der Waals surface area contributed by atoms with Gasteiger partial charge in [-0.15, -0.1) is 0 Å². The summed E-state index contributed by atoms with van der Waals surface area (Å²) in [5.41, 5.74) is 0.907. The minimum Gasteiger partial charge on any atom is -0.394 e. The van der Waals surface area contributed by atoms with Crippen molar-refractivity contribution in [2.24, 2.45) is 5.92 Å². The summed E-state index contributed by atoms with van der Waals surface area (Å²) in [5.74, 6) is 0.489. The zero-order valence-corrected chi connectivity index (χ0v) is 10.5. The van der Waals surface area contributed by atoms with Gasteiger partial charge in [-0.3, -0.25) is 0 Å². The summed E-state index contributed by atoms with van der Waals surface area (Å²) >= 11 is 3.32. The van der Waals surface area contributed by atoms with Crippen LogP contribution in [0.5, 0.6) is 0 Å². The van der Waals surface area contributed by atoms with Gasteiger partial charge in [-0.2, -0.15) is 0 Å². The first-order valence-electron chi connectivity index (χ1n) is 5.50. The molecule has 0 spiro atoms. The van der Waals surface area contributed by atoms with E-state index in [0.29, 0.717) is 4.47 Å². The molecule has 0 bridgehead atoms. The number of hydrogen-bond acceptors (Lipinski definition) is 2. The lowest BCUT2D eigenvalue weighted by Crippen LogP contribution is -2.26. The highest BCUT2D eigenvalue weighted by Gasteiger charge is 2.23. The first-order chi connectivity index (χ1) is 7.70. The molecule has 2 N–H and O–H groups in total. The van der Waals surface area contributed by atoms with Crippen LogP contribution in [0.1, 0.15) is 24.4 Å². The Kier molecular flexibility index (Phi) is 3.95. The number of aliphatic hydroxyl groups is 1. The molecule has 1 fully saturated rings. The molecule has 0 aliphatic heterocycles. The molecule has 1 atom stereocenters. The lowest BCUT2D eigenvalue weighted by molar-refractivity contribution is 0.243. The molecule has 0 heterocycles. The van der Waals surface area contributed by atoms with Crippen molar-refractivity contribution in [3.05, 3.63) is 34.1 Å². The van der Waals surface area contributed by atoms with E-state index in [-0.39, 0.29) is 18.5 Å². The molecule has 1 saturated carbocycles. The van der Waals surface area contributed by atoms with Gasteiger partial charge in [-0.1, -0.05) is 22.0 Å². The van der Waals surface area contributed by atoms with E-state index in [4.69, 9.17) is 0 Å². The van der Waals surface area contributed by atoms with Gasteiger partial charge < -0.3 is 10.4 Å². The number of nitrogens with one attached hydrogen (secondary N) is 1. The van der Waals surface area contributed by atoms with Crippen LogP contribution >= 0.6 is 15.9 Å². The quantitative estimate of drug-likeness (QED) is 0.873. The van der Waals surface area contributed by atoms with Crippen molar-refractivity contribution in [3.63, 3.8) is 0 Å². The van der Waals surface area contributed by atoms with Crippen LogP contribution in [0, 0.1) is 11.7 Å². The van der Waals surface area contributed by atoms with Gasteiger partial charge in [0.15, 0.2) is 0 Å². The Hall–Kier alpha value is -0.450. The summed E-state index contributed by atoms with van der Waals surface area (Å²) in [4.78, 5) is 0. The van der Waals surface area contributed by atoms with Crippen molar-refractivity contribution in [3.8, 4) is 0 Å². The third kappa shape index (κ3) is 3.03. The smallest absolute Gasteiger partial charge is 0.124 e. The molecule has 88 valence electrons. The van der Waals surface area contributed by atoms with Gasteiger partial charge in [-0.05, 0) is 43.0 Å². The molecule has 4 heteroatoms. The Morgan fingerprint density at radius 1 is 1.50 bits per heavy atom. The molecule has 1 aliphatic carbocycles. The lowest BCUT2D eigenvalue weighted by atomic mass is 10.1. The zero-order valence-electron chi connectivity index (χ0n) is 8.92. The maximum atomic E-state index is 12.9. The summed E-state index contributed by atoms with van der Waals surface area (Å²) in [6.07, 6.45) is 2.55. The van der Waals surface area contributed by atoms with E-state index in [1.54, 1.807) is 6.07 Å². The summed E-state index contributed by atoms with van der Waals surface area (Å²) in [6, 6.07) is 4.44. The Labute approximate surface area is 103 Å². The molecular formula is C12H15BrFNO. The number of rotatable bonds is 5. The van der Waals surface area contributed by atoms with Crippen molar-refractivity contribution in [2.45, 2.75) is 18.9 Å². The predicted octanol–water partition coefficient (Wildman–Crippen LogP) is 2.62. The standard InChI is InChI=1S/C12H15BrFNO/c13-11-5-9(14)3-4-10(11)12(7-16)15-6-8-1-2-8/h3-5,8,12,15-16H,1-2,6-7H2. The van der Waals surface area contributed by atoms with Crippen LogP contribution in [0.15, 0.2) is 22.7 Å². The predicted molar refractivity (Wildman–Crippen MR) is 64.7 cm³/mol. The molecular weight excluding hydrogens is 273 g/mol. The highest BCUT2D eigenvalue weighted by molar-refractivity contribution is 9.10. The van der Waals surface area contributed by atoms with Gasteiger partial charge in [0, 0.05) is 4.47 Å². The lowest BCUT2D eigenvalue weighted by Gasteiger charge is -2.18. The maximum absolute atomic E-state index is 12.9. The molecule has 2 rings (SSSR count). The molecule has 0 radical (unpaired) electrons. The van der Waals surface area contributed by atoms with E-state index in [2.05, 4.69) is 21.2 Å². The van der Waals surface area contributed by atoms with Crippen molar-refractivity contribution in [2.75, 3.05) is 13.2 Å². The molecule has 0 amide bonds. The van der Waals surface area contributed by atoms with Gasteiger partial charge in [0.2, 0.25) is 0 Å². The second-order valence-corrected chi connectivity index (χ2v) is 5.11. The van der Waals surface area contributed by atoms with E-state index >= 15 is 0 Å². The molecule has 0 aromatic heterocycles. The number of benzene rings is 1. The van der Waals surface area contributed by atoms with Crippen molar-refractivity contribution in [1.82, 2.24) is 5.32 Å². The first-order valence-corrected chi connectivity index (χ1v) is 6.29. The van der Waals surface area contributed by atoms with Gasteiger partial charge >= 0.3 is 0 Å². The Balaban J connectivity index is 2.05. The van der Waals surface area contributed by atoms with Crippen molar-refractivity contribution < 1.29 is 9.50 Å². The molecule has 2 nitrogen and oxygen atoms in total. The van der Waals surface area contributed by atoms with Gasteiger partial charge in [0.25, 0.3) is 0 Å². The third-order valence-electron chi connectivity index (χ3n) is 2.87. The second-order valence-electron chi connectivity index (χ2n) is 4.25. The Morgan fingerprint density at radius 2 is 2.25 bits per heavy atom. The second kappa shape index (κ2) is 5.25. The van der Waals surface area contributed by atoms with Gasteiger partial charge in [0.1, 0.15) is 5.82 Å². The van der Waals surface area contributed by atoms with Crippen molar-refractivity contribution in [1.29, 1.82) is 0 Å². The van der Waals surface area contributed by atoms with E-state index < -0.39 is 0 Å². The van der Waals surface area contributed by atoms with Crippen LogP contribution in [0.3, 0.4) is 0 Å². The fourth-order valence-electron chi connectivity index (χ4n) is 1.69. The molecule has 1 aliphatic rings. The van der Waals surface area contributed by atoms with E-state index in [1.165, 1.54) is 25.0 Å². The molecule has 0 saturated heterocycles. The largest absolute Gasteiger partial charge is 0.394 e. The Morgan fingerprint density at radius 3 is 2.81 bits per heavy atom. The number of hydrogen-bond donors (Lipinski definition) is 2. The third-order valence-corrected chi connectivity index (χ3v) is 3.56. The summed E-state index contributed by atoms with van der Waals surface area (Å²) in [5, 5.41) is 12.6. The van der Waals surface area contributed by atoms with Crippen LogP contribution in [0.25, 0.3) is 0 Å². The SMILES string of the molecule is OCC(NCC1CC1)c1ccc(F)cc1Br. The number of halogens is 2. The molecule has 1 aromatic carbocycles. The van der Waals surface area contributed by atoms with Crippen LogP contribution < -0.4 is 5.32 Å². The van der Waals surface area contributed by atoms with Gasteiger partial charge in [0.05, 0.1) is 12.6 Å². The van der Waals surface area contributed by atoms with Gasteiger partial charge in [-0.25, -0.2) is 4.39 Å². The summed E-state index contributed by atoms with van der Waals surface area (Å²) in [7, 11) is 0. The van der Waals surface area contributed by atoms with Crippen molar-refractivity contribution >= 4 is 15.9 Å². The molecule has 1 aromatic rings. The Bertz CT molecular complexity index is 368. The average Bonchev–Trinajstić information content (AvgIpc) is 3.05. The van der Waals surface area contributed by atoms with E-state index in [0.717, 1.165) is 18.0 Å². The minimum atomic E-state index is -0.269. The highest BCUT2D eigenvalue weighted by atomic mass is 79.9. The zero-order chi connectivity index (χ0) is 11.5. The first kappa shape index (κ1) is 12.0. The van der Waals surface area contributed by atoms with E-state index in [9.17, 15) is 9.50 Å². The topological polar surface area (TPSA) is 32.3 Å². The fourth-order valence-corrected chi connectivity index (χ4v) is 2.32. The molecule has 16 heavy (non-hydrogen) atoms. The fraction of sp³-hybridized carbons (Fsp3) is 0.500. The normalized spacial score (nSPS) is 17.4. The van der Waals surface area contributed by atoms with Crippen LogP contribution in [0.4, 0.5) is 4.39 Å². The van der Waals surface area contributed by atoms with Crippen LogP contribution in [-0.2, 0) is 0 Å². The minimum absolute atomic E-state index is 0.0248. The summed E-state index contributed by atoms with van der Waals surface area (Å²) in [6.45, 7) is 0.950. The van der Waals surface area contributed by atoms with Crippen LogP contribution in [-0.4, -0.2) is 18.3 Å². The highest BCUT2D eigenvalue weighted by Crippen LogP contribution is 2.29. The monoisotopic (exact) mass is 287 g/mol. The molecule has 1 unspecified atom stereocenters.